The van der Waals surface area contributed by atoms with Crippen LogP contribution in [0.15, 0.2) is 78.0 Å². The van der Waals surface area contributed by atoms with Crippen LogP contribution in [0.25, 0.3) is 11.3 Å². The number of rotatable bonds is 6. The lowest BCUT2D eigenvalue weighted by atomic mass is 10.0. The van der Waals surface area contributed by atoms with Gasteiger partial charge < -0.3 is 9.47 Å². The average molecular weight is 500 g/mol. The smallest absolute Gasteiger partial charge is 0.269 e. The second-order valence-electron chi connectivity index (χ2n) is 8.46. The number of halogens is 2. The number of aromatic nitrogens is 4. The molecule has 0 spiro atoms. The summed E-state index contributed by atoms with van der Waals surface area (Å²) in [5.41, 5.74) is 1.33. The fraction of sp³-hybridized carbons (Fsp3) is 0.111. The molecule has 184 valence electrons. The minimum Gasteiger partial charge on any atom is -0.492 e. The number of carbonyl (C=O) groups is 1. The van der Waals surface area contributed by atoms with Crippen LogP contribution in [0.4, 0.5) is 8.78 Å². The van der Waals surface area contributed by atoms with Gasteiger partial charge in [0.25, 0.3) is 5.56 Å². The van der Waals surface area contributed by atoms with Crippen molar-refractivity contribution >= 4 is 11.4 Å². The zero-order valence-corrected chi connectivity index (χ0v) is 19.2. The Morgan fingerprint density at radius 2 is 1.89 bits per heavy atom. The number of fused-ring (bicyclic) bond motifs is 2. The van der Waals surface area contributed by atoms with Gasteiger partial charge in [-0.2, -0.15) is 9.61 Å². The molecule has 1 aliphatic rings. The van der Waals surface area contributed by atoms with Gasteiger partial charge in [-0.15, -0.1) is 0 Å². The molecule has 10 heteroatoms. The monoisotopic (exact) mass is 500 g/mol. The number of hydrogen-bond acceptors (Lipinski definition) is 6. The summed E-state index contributed by atoms with van der Waals surface area (Å²) >= 11 is 0. The Hall–Kier alpha value is -4.86. The van der Waals surface area contributed by atoms with Crippen molar-refractivity contribution in [3.63, 3.8) is 0 Å². The molecule has 0 atom stereocenters. The molecule has 0 saturated heterocycles. The van der Waals surface area contributed by atoms with E-state index in [1.807, 2.05) is 0 Å². The lowest BCUT2D eigenvalue weighted by Crippen LogP contribution is -2.27. The lowest BCUT2D eigenvalue weighted by Gasteiger charge is -2.13. The van der Waals surface area contributed by atoms with Crippen molar-refractivity contribution in [2.24, 2.45) is 0 Å². The first kappa shape index (κ1) is 22.6. The number of pyridine rings is 1. The Morgan fingerprint density at radius 1 is 1.05 bits per heavy atom. The van der Waals surface area contributed by atoms with Gasteiger partial charge in [0.05, 0.1) is 12.8 Å². The fourth-order valence-electron chi connectivity index (χ4n) is 4.31. The summed E-state index contributed by atoms with van der Waals surface area (Å²) in [6, 6.07) is 12.8. The third-order valence-corrected chi connectivity index (χ3v) is 6.07. The van der Waals surface area contributed by atoms with Crippen LogP contribution in [-0.2, 0) is 12.8 Å². The van der Waals surface area contributed by atoms with E-state index < -0.39 is 23.0 Å². The predicted octanol–water partition coefficient (Wildman–Crippen LogP) is 4.31. The Kier molecular flexibility index (Phi) is 5.48. The molecule has 6 rings (SSSR count). The Bertz CT molecular complexity index is 1730. The molecular formula is C27H18F2N4O4. The van der Waals surface area contributed by atoms with Crippen molar-refractivity contribution in [2.75, 3.05) is 6.61 Å². The van der Waals surface area contributed by atoms with Crippen LogP contribution < -0.4 is 15.0 Å². The van der Waals surface area contributed by atoms with Crippen molar-refractivity contribution in [3.8, 4) is 23.1 Å². The molecule has 4 heterocycles. The topological polar surface area (TPSA) is 87.7 Å². The highest BCUT2D eigenvalue weighted by Crippen LogP contribution is 2.30. The van der Waals surface area contributed by atoms with Gasteiger partial charge in [0.1, 0.15) is 17.1 Å². The van der Waals surface area contributed by atoms with E-state index in [0.717, 1.165) is 0 Å². The summed E-state index contributed by atoms with van der Waals surface area (Å²) in [6.45, 7) is 0.335. The van der Waals surface area contributed by atoms with Crippen molar-refractivity contribution < 1.29 is 23.0 Å². The number of ether oxygens (including phenoxy) is 2. The summed E-state index contributed by atoms with van der Waals surface area (Å²) in [7, 11) is 0. The van der Waals surface area contributed by atoms with Crippen LogP contribution in [0.2, 0.25) is 0 Å². The molecule has 5 aromatic rings. The number of carbonyl (C=O) groups excluding carboxylic acids is 1. The number of benzene rings is 2. The standard InChI is InChI=1S/C27H18F2N4O4/c28-18-2-4-19(5-3-18)32-15-17-9-12-36-26(17)25(27(32)35)21(34)14-16-1-6-22(20(29)13-16)37-24-8-10-30-23-7-11-31-33(23)24/h1-8,10-11,13,15H,9,12,14H2. The van der Waals surface area contributed by atoms with Gasteiger partial charge in [0.15, 0.2) is 23.0 Å². The molecular weight excluding hydrogens is 482 g/mol. The Labute approximate surface area is 208 Å². The molecule has 0 saturated carbocycles. The SMILES string of the molecule is O=C(Cc1ccc(Oc2ccnc3ccnn23)c(F)c1)c1c2c(cn(-c3ccc(F)cc3)c1=O)CCO2. The molecule has 0 fully saturated rings. The van der Waals surface area contributed by atoms with E-state index in [9.17, 15) is 18.4 Å². The maximum Gasteiger partial charge on any atom is 0.269 e. The Morgan fingerprint density at radius 3 is 2.70 bits per heavy atom. The summed E-state index contributed by atoms with van der Waals surface area (Å²) in [4.78, 5) is 30.8. The normalized spacial score (nSPS) is 12.4. The van der Waals surface area contributed by atoms with Gasteiger partial charge in [-0.3, -0.25) is 14.2 Å². The van der Waals surface area contributed by atoms with E-state index >= 15 is 0 Å². The quantitative estimate of drug-likeness (QED) is 0.323. The molecule has 3 aromatic heterocycles. The van der Waals surface area contributed by atoms with Crippen LogP contribution in [0.5, 0.6) is 17.4 Å². The molecule has 0 amide bonds. The Balaban J connectivity index is 1.30. The molecule has 0 N–H and O–H groups in total. The van der Waals surface area contributed by atoms with Crippen LogP contribution >= 0.6 is 0 Å². The molecule has 2 aromatic carbocycles. The number of ketones is 1. The van der Waals surface area contributed by atoms with Crippen LogP contribution in [-0.4, -0.2) is 31.6 Å². The van der Waals surface area contributed by atoms with E-state index in [0.29, 0.717) is 35.5 Å². The van der Waals surface area contributed by atoms with Crippen molar-refractivity contribution in [2.45, 2.75) is 12.8 Å². The first-order valence-corrected chi connectivity index (χ1v) is 11.4. The van der Waals surface area contributed by atoms with Crippen molar-refractivity contribution in [1.29, 1.82) is 0 Å². The van der Waals surface area contributed by atoms with Crippen LogP contribution in [0.3, 0.4) is 0 Å². The highest BCUT2D eigenvalue weighted by Gasteiger charge is 2.27. The zero-order chi connectivity index (χ0) is 25.5. The maximum atomic E-state index is 14.9. The van der Waals surface area contributed by atoms with E-state index in [1.54, 1.807) is 30.6 Å². The van der Waals surface area contributed by atoms with Crippen LogP contribution in [0.1, 0.15) is 21.5 Å². The number of Topliss-reactive ketones (excluding diaryl/α,β-unsaturated/α-hetero) is 1. The summed E-state index contributed by atoms with van der Waals surface area (Å²) in [5.74, 6) is -1.17. The molecule has 0 bridgehead atoms. The second-order valence-corrected chi connectivity index (χ2v) is 8.46. The molecule has 0 unspecified atom stereocenters. The lowest BCUT2D eigenvalue weighted by molar-refractivity contribution is 0.0988. The van der Waals surface area contributed by atoms with Crippen molar-refractivity contribution in [3.05, 3.63) is 112 Å². The molecule has 0 aliphatic carbocycles. The van der Waals surface area contributed by atoms with Gasteiger partial charge >= 0.3 is 0 Å². The summed E-state index contributed by atoms with van der Waals surface area (Å²) < 4.78 is 42.4. The first-order valence-electron chi connectivity index (χ1n) is 11.4. The highest BCUT2D eigenvalue weighted by atomic mass is 19.1. The fourth-order valence-corrected chi connectivity index (χ4v) is 4.31. The van der Waals surface area contributed by atoms with E-state index in [-0.39, 0.29) is 29.4 Å². The van der Waals surface area contributed by atoms with Crippen LogP contribution in [0, 0.1) is 11.6 Å². The third-order valence-electron chi connectivity index (χ3n) is 6.07. The zero-order valence-electron chi connectivity index (χ0n) is 19.2. The second kappa shape index (κ2) is 8.98. The third kappa shape index (κ3) is 4.12. The van der Waals surface area contributed by atoms with E-state index in [2.05, 4.69) is 10.1 Å². The van der Waals surface area contributed by atoms with E-state index in [4.69, 9.17) is 9.47 Å². The predicted molar refractivity (Wildman–Crippen MR) is 129 cm³/mol. The molecule has 8 nitrogen and oxygen atoms in total. The maximum absolute atomic E-state index is 14.9. The number of hydrogen-bond donors (Lipinski definition) is 0. The minimum atomic E-state index is -0.680. The molecule has 37 heavy (non-hydrogen) atoms. The largest absolute Gasteiger partial charge is 0.492 e. The van der Waals surface area contributed by atoms with Gasteiger partial charge in [-0.1, -0.05) is 6.07 Å². The molecule has 0 radical (unpaired) electrons. The highest BCUT2D eigenvalue weighted by molar-refractivity contribution is 6.00. The minimum absolute atomic E-state index is 0.0539. The molecule has 1 aliphatic heterocycles. The first-order chi connectivity index (χ1) is 18.0. The van der Waals surface area contributed by atoms with Gasteiger partial charge in [0, 0.05) is 48.6 Å². The van der Waals surface area contributed by atoms with Gasteiger partial charge in [-0.25, -0.2) is 13.8 Å². The number of nitrogens with zero attached hydrogens (tertiary/aromatic N) is 4. The summed E-state index contributed by atoms with van der Waals surface area (Å²) in [6.07, 6.45) is 4.98. The summed E-state index contributed by atoms with van der Waals surface area (Å²) in [5, 5.41) is 4.11. The van der Waals surface area contributed by atoms with Gasteiger partial charge in [0.2, 0.25) is 5.88 Å². The van der Waals surface area contributed by atoms with Gasteiger partial charge in [-0.05, 0) is 42.0 Å². The average Bonchev–Trinajstić information content (AvgIpc) is 3.56. The van der Waals surface area contributed by atoms with E-state index in [1.165, 1.54) is 51.7 Å². The van der Waals surface area contributed by atoms with Crippen molar-refractivity contribution in [1.82, 2.24) is 19.2 Å².